The Morgan fingerprint density at radius 1 is 1.06 bits per heavy atom. The Morgan fingerprint density at radius 3 is 2.83 bits per heavy atom. The number of rotatable bonds is 0. The van der Waals surface area contributed by atoms with Crippen molar-refractivity contribution in [2.75, 3.05) is 0 Å². The minimum atomic E-state index is 0.771. The Kier molecular flexibility index (Phi) is 2.87. The summed E-state index contributed by atoms with van der Waals surface area (Å²) < 4.78 is 0.960. The number of pyridine rings is 1. The molecule has 0 spiro atoms. The zero-order valence-corrected chi connectivity index (χ0v) is 11.0. The number of aromatic amines is 1. The van der Waals surface area contributed by atoms with Crippen LogP contribution in [0, 0.1) is 11.8 Å². The molecule has 86 valence electrons. The first-order valence-corrected chi connectivity index (χ1v) is 6.31. The first-order valence-electron chi connectivity index (χ1n) is 5.52. The van der Waals surface area contributed by atoms with E-state index in [0.29, 0.717) is 0 Å². The van der Waals surface area contributed by atoms with Crippen molar-refractivity contribution in [3.63, 3.8) is 0 Å². The zero-order valence-electron chi connectivity index (χ0n) is 9.44. The van der Waals surface area contributed by atoms with E-state index in [2.05, 4.69) is 43.8 Å². The van der Waals surface area contributed by atoms with E-state index < -0.39 is 0 Å². The van der Waals surface area contributed by atoms with E-state index in [-0.39, 0.29) is 0 Å². The van der Waals surface area contributed by atoms with Gasteiger partial charge in [-0.25, -0.2) is 4.98 Å². The molecule has 3 rings (SSSR count). The van der Waals surface area contributed by atoms with Crippen molar-refractivity contribution >= 4 is 26.8 Å². The summed E-state index contributed by atoms with van der Waals surface area (Å²) in [5.74, 6) is 6.17. The second kappa shape index (κ2) is 4.67. The van der Waals surface area contributed by atoms with Gasteiger partial charge < -0.3 is 4.98 Å². The largest absolute Gasteiger partial charge is 0.361 e. The standard InChI is InChI=1S/C15H9BrN2/c16-13-3-5-14(18-10-13)4-1-11-2-6-15-12(9-11)7-8-17-15/h2-3,5-10,17H. The summed E-state index contributed by atoms with van der Waals surface area (Å²) in [5, 5.41) is 1.17. The molecule has 0 saturated heterocycles. The average molecular weight is 297 g/mol. The summed E-state index contributed by atoms with van der Waals surface area (Å²) in [6.45, 7) is 0. The van der Waals surface area contributed by atoms with Crippen molar-refractivity contribution in [1.82, 2.24) is 9.97 Å². The number of hydrogen-bond donors (Lipinski definition) is 1. The maximum Gasteiger partial charge on any atom is 0.113 e. The Morgan fingerprint density at radius 2 is 2.00 bits per heavy atom. The number of nitrogens with one attached hydrogen (secondary N) is 1. The van der Waals surface area contributed by atoms with Crippen LogP contribution in [-0.4, -0.2) is 9.97 Å². The summed E-state index contributed by atoms with van der Waals surface area (Å²) in [7, 11) is 0. The molecule has 3 heteroatoms. The molecule has 0 aliphatic heterocycles. The third-order valence-electron chi connectivity index (χ3n) is 2.62. The van der Waals surface area contributed by atoms with Crippen LogP contribution in [0.1, 0.15) is 11.3 Å². The van der Waals surface area contributed by atoms with Gasteiger partial charge in [0, 0.05) is 33.3 Å². The van der Waals surface area contributed by atoms with Crippen LogP contribution in [0.15, 0.2) is 53.3 Å². The topological polar surface area (TPSA) is 28.7 Å². The molecule has 3 aromatic rings. The molecule has 0 bridgehead atoms. The van der Waals surface area contributed by atoms with E-state index in [1.165, 1.54) is 5.39 Å². The predicted molar refractivity (Wildman–Crippen MR) is 76.2 cm³/mol. The molecule has 1 N–H and O–H groups in total. The van der Waals surface area contributed by atoms with Crippen LogP contribution >= 0.6 is 15.9 Å². The minimum Gasteiger partial charge on any atom is -0.361 e. The minimum absolute atomic E-state index is 0.771. The van der Waals surface area contributed by atoms with Gasteiger partial charge in [-0.3, -0.25) is 0 Å². The van der Waals surface area contributed by atoms with E-state index >= 15 is 0 Å². The van der Waals surface area contributed by atoms with Gasteiger partial charge in [0.15, 0.2) is 0 Å². The van der Waals surface area contributed by atoms with Crippen LogP contribution in [0.4, 0.5) is 0 Å². The van der Waals surface area contributed by atoms with E-state index in [1.54, 1.807) is 6.20 Å². The van der Waals surface area contributed by atoms with Crippen molar-refractivity contribution in [1.29, 1.82) is 0 Å². The van der Waals surface area contributed by atoms with Gasteiger partial charge in [-0.15, -0.1) is 0 Å². The lowest BCUT2D eigenvalue weighted by molar-refractivity contribution is 1.27. The SMILES string of the molecule is Brc1ccc(C#Cc2ccc3[nH]ccc3c2)nc1. The Bertz CT molecular complexity index is 745. The molecule has 0 aliphatic rings. The molecule has 18 heavy (non-hydrogen) atoms. The monoisotopic (exact) mass is 296 g/mol. The zero-order chi connectivity index (χ0) is 12.4. The molecule has 0 unspecified atom stereocenters. The first kappa shape index (κ1) is 11.1. The van der Waals surface area contributed by atoms with Gasteiger partial charge in [-0.05, 0) is 58.2 Å². The highest BCUT2D eigenvalue weighted by Gasteiger charge is 1.94. The summed E-state index contributed by atoms with van der Waals surface area (Å²) in [6, 6.07) is 12.0. The molecule has 0 atom stereocenters. The van der Waals surface area contributed by atoms with E-state index in [4.69, 9.17) is 0 Å². The highest BCUT2D eigenvalue weighted by atomic mass is 79.9. The molecule has 0 fully saturated rings. The number of H-pyrrole nitrogens is 1. The number of benzene rings is 1. The first-order chi connectivity index (χ1) is 8.81. The molecule has 0 amide bonds. The van der Waals surface area contributed by atoms with E-state index in [1.807, 2.05) is 36.5 Å². The van der Waals surface area contributed by atoms with Crippen LogP contribution in [-0.2, 0) is 0 Å². The second-order valence-corrected chi connectivity index (χ2v) is 4.81. The van der Waals surface area contributed by atoms with E-state index in [0.717, 1.165) is 21.2 Å². The van der Waals surface area contributed by atoms with Gasteiger partial charge >= 0.3 is 0 Å². The molecule has 2 aromatic heterocycles. The normalized spacial score (nSPS) is 10.1. The van der Waals surface area contributed by atoms with Gasteiger partial charge in [-0.1, -0.05) is 5.92 Å². The van der Waals surface area contributed by atoms with Gasteiger partial charge in [0.05, 0.1) is 0 Å². The molecular formula is C15H9BrN2. The fourth-order valence-corrected chi connectivity index (χ4v) is 1.95. The summed E-state index contributed by atoms with van der Waals surface area (Å²) in [5.41, 5.74) is 2.89. The number of fused-ring (bicyclic) bond motifs is 1. The predicted octanol–water partition coefficient (Wildman–Crippen LogP) is 3.73. The Hall–Kier alpha value is -2.05. The lowest BCUT2D eigenvalue weighted by Crippen LogP contribution is -1.81. The van der Waals surface area contributed by atoms with Crippen molar-refractivity contribution in [2.45, 2.75) is 0 Å². The fraction of sp³-hybridized carbons (Fsp3) is 0. The third kappa shape index (κ3) is 2.29. The molecule has 0 aliphatic carbocycles. The van der Waals surface area contributed by atoms with Crippen molar-refractivity contribution < 1.29 is 0 Å². The maximum absolute atomic E-state index is 4.22. The number of aromatic nitrogens is 2. The Balaban J connectivity index is 1.94. The van der Waals surface area contributed by atoms with Gasteiger partial charge in [0.1, 0.15) is 5.69 Å². The molecular weight excluding hydrogens is 288 g/mol. The van der Waals surface area contributed by atoms with Gasteiger partial charge in [0.25, 0.3) is 0 Å². The van der Waals surface area contributed by atoms with Crippen LogP contribution in [0.3, 0.4) is 0 Å². The van der Waals surface area contributed by atoms with Crippen molar-refractivity contribution in [3.05, 3.63) is 64.5 Å². The number of nitrogens with zero attached hydrogens (tertiary/aromatic N) is 1. The highest BCUT2D eigenvalue weighted by Crippen LogP contribution is 2.13. The lowest BCUT2D eigenvalue weighted by Gasteiger charge is -1.92. The van der Waals surface area contributed by atoms with E-state index in [9.17, 15) is 0 Å². The smallest absolute Gasteiger partial charge is 0.113 e. The maximum atomic E-state index is 4.22. The van der Waals surface area contributed by atoms with Crippen LogP contribution < -0.4 is 0 Å². The summed E-state index contributed by atoms with van der Waals surface area (Å²) >= 11 is 3.35. The van der Waals surface area contributed by atoms with Crippen LogP contribution in [0.5, 0.6) is 0 Å². The lowest BCUT2D eigenvalue weighted by atomic mass is 10.1. The van der Waals surface area contributed by atoms with Crippen LogP contribution in [0.2, 0.25) is 0 Å². The molecule has 1 aromatic carbocycles. The third-order valence-corrected chi connectivity index (χ3v) is 3.08. The quantitative estimate of drug-likeness (QED) is 0.629. The van der Waals surface area contributed by atoms with Crippen LogP contribution in [0.25, 0.3) is 10.9 Å². The number of halogens is 1. The summed E-state index contributed by atoms with van der Waals surface area (Å²) in [4.78, 5) is 7.38. The number of hydrogen-bond acceptors (Lipinski definition) is 1. The fourth-order valence-electron chi connectivity index (χ4n) is 1.72. The summed E-state index contributed by atoms with van der Waals surface area (Å²) in [6.07, 6.45) is 3.68. The molecule has 2 heterocycles. The van der Waals surface area contributed by atoms with Gasteiger partial charge in [-0.2, -0.15) is 0 Å². The highest BCUT2D eigenvalue weighted by molar-refractivity contribution is 9.10. The van der Waals surface area contributed by atoms with Crippen molar-refractivity contribution in [3.8, 4) is 11.8 Å². The van der Waals surface area contributed by atoms with Crippen molar-refractivity contribution in [2.24, 2.45) is 0 Å². The second-order valence-electron chi connectivity index (χ2n) is 3.89. The molecule has 0 radical (unpaired) electrons. The molecule has 0 saturated carbocycles. The Labute approximate surface area is 113 Å². The molecule has 2 nitrogen and oxygen atoms in total. The average Bonchev–Trinajstić information content (AvgIpc) is 2.85. The van der Waals surface area contributed by atoms with Gasteiger partial charge in [0.2, 0.25) is 0 Å².